The van der Waals surface area contributed by atoms with Crippen LogP contribution in [-0.4, -0.2) is 9.78 Å². The van der Waals surface area contributed by atoms with E-state index in [4.69, 9.17) is 11.6 Å². The number of rotatable bonds is 3. The van der Waals surface area contributed by atoms with E-state index in [1.165, 1.54) is 16.8 Å². The maximum absolute atomic E-state index is 13.0. The summed E-state index contributed by atoms with van der Waals surface area (Å²) in [6, 6.07) is 18.4. The number of alkyl halides is 3. The fourth-order valence-electron chi connectivity index (χ4n) is 3.11. The Morgan fingerprint density at radius 3 is 2.37 bits per heavy atom. The van der Waals surface area contributed by atoms with E-state index in [-0.39, 0.29) is 5.43 Å². The molecule has 0 atom stereocenters. The standard InChI is InChI=1S/C23H14ClF3N2O/c24-17-9-11-18(12-10-17)29-22-19(6-1-2-7-21(22)30)20(28-29)13-8-15-4-3-5-16(14-15)23(25,26)27/h1-14H/b13-8+. The van der Waals surface area contributed by atoms with Crippen molar-refractivity contribution in [3.63, 3.8) is 0 Å². The van der Waals surface area contributed by atoms with Crippen molar-refractivity contribution in [2.45, 2.75) is 6.18 Å². The summed E-state index contributed by atoms with van der Waals surface area (Å²) < 4.78 is 40.4. The fourth-order valence-corrected chi connectivity index (χ4v) is 3.23. The molecule has 0 saturated carbocycles. The summed E-state index contributed by atoms with van der Waals surface area (Å²) in [5, 5.41) is 5.66. The van der Waals surface area contributed by atoms with Gasteiger partial charge in [-0.3, -0.25) is 4.79 Å². The Morgan fingerprint density at radius 1 is 0.900 bits per heavy atom. The minimum atomic E-state index is -4.42. The van der Waals surface area contributed by atoms with Crippen LogP contribution in [0, 0.1) is 0 Å². The van der Waals surface area contributed by atoms with E-state index in [0.717, 1.165) is 12.1 Å². The van der Waals surface area contributed by atoms with Gasteiger partial charge in [0.25, 0.3) is 0 Å². The van der Waals surface area contributed by atoms with Crippen molar-refractivity contribution in [1.29, 1.82) is 0 Å². The summed E-state index contributed by atoms with van der Waals surface area (Å²) in [6.07, 6.45) is -1.28. The molecule has 0 bridgehead atoms. The molecule has 0 aliphatic heterocycles. The first-order valence-corrected chi connectivity index (χ1v) is 9.34. The molecule has 0 saturated heterocycles. The largest absolute Gasteiger partial charge is 0.416 e. The number of fused-ring (bicyclic) bond motifs is 1. The minimum absolute atomic E-state index is 0.226. The predicted molar refractivity (Wildman–Crippen MR) is 113 cm³/mol. The molecule has 3 nitrogen and oxygen atoms in total. The van der Waals surface area contributed by atoms with Gasteiger partial charge in [-0.05, 0) is 54.1 Å². The highest BCUT2D eigenvalue weighted by Crippen LogP contribution is 2.30. The Labute approximate surface area is 174 Å². The Balaban J connectivity index is 1.85. The fraction of sp³-hybridized carbons (Fsp3) is 0.0435. The smallest absolute Gasteiger partial charge is 0.288 e. The van der Waals surface area contributed by atoms with Crippen LogP contribution in [-0.2, 0) is 6.18 Å². The van der Waals surface area contributed by atoms with Crippen molar-refractivity contribution in [3.8, 4) is 5.69 Å². The molecule has 1 aromatic heterocycles. The quantitative estimate of drug-likeness (QED) is 0.389. The van der Waals surface area contributed by atoms with Crippen LogP contribution in [0.15, 0.2) is 77.6 Å². The summed E-state index contributed by atoms with van der Waals surface area (Å²) in [6.45, 7) is 0. The minimum Gasteiger partial charge on any atom is -0.288 e. The Kier molecular flexibility index (Phi) is 5.18. The lowest BCUT2D eigenvalue weighted by atomic mass is 10.1. The van der Waals surface area contributed by atoms with Gasteiger partial charge in [0.1, 0.15) is 5.52 Å². The number of halogens is 4. The van der Waals surface area contributed by atoms with E-state index in [0.29, 0.717) is 32.9 Å². The molecule has 1 heterocycles. The second kappa shape index (κ2) is 7.80. The first-order valence-electron chi connectivity index (χ1n) is 8.96. The van der Waals surface area contributed by atoms with E-state index in [1.54, 1.807) is 60.7 Å². The van der Waals surface area contributed by atoms with Gasteiger partial charge in [0.05, 0.1) is 16.9 Å². The molecule has 3 aromatic carbocycles. The van der Waals surface area contributed by atoms with E-state index >= 15 is 0 Å². The molecule has 4 rings (SSSR count). The zero-order chi connectivity index (χ0) is 21.3. The molecule has 0 spiro atoms. The molecule has 150 valence electrons. The summed E-state index contributed by atoms with van der Waals surface area (Å²) >= 11 is 5.95. The second-order valence-electron chi connectivity index (χ2n) is 6.57. The van der Waals surface area contributed by atoms with Crippen LogP contribution < -0.4 is 5.43 Å². The molecule has 7 heteroatoms. The molecule has 30 heavy (non-hydrogen) atoms. The average Bonchev–Trinajstić information content (AvgIpc) is 2.97. The molecule has 0 fully saturated rings. The molecular formula is C23H14ClF3N2O. The zero-order valence-electron chi connectivity index (χ0n) is 15.4. The molecule has 4 aromatic rings. The van der Waals surface area contributed by atoms with Crippen LogP contribution in [0.4, 0.5) is 13.2 Å². The topological polar surface area (TPSA) is 34.9 Å². The van der Waals surface area contributed by atoms with Gasteiger partial charge in [0.15, 0.2) is 0 Å². The third-order valence-corrected chi connectivity index (χ3v) is 4.78. The Bertz CT molecular complexity index is 1310. The van der Waals surface area contributed by atoms with Gasteiger partial charge in [0, 0.05) is 10.4 Å². The molecule has 0 amide bonds. The third kappa shape index (κ3) is 4.00. The van der Waals surface area contributed by atoms with Crippen molar-refractivity contribution in [3.05, 3.63) is 105 Å². The van der Waals surface area contributed by atoms with Crippen LogP contribution in [0.3, 0.4) is 0 Å². The van der Waals surface area contributed by atoms with Gasteiger partial charge in [-0.15, -0.1) is 0 Å². The summed E-state index contributed by atoms with van der Waals surface area (Å²) in [5.41, 5.74) is 0.899. The predicted octanol–water partition coefficient (Wildman–Crippen LogP) is 6.23. The number of aromatic nitrogens is 2. The first-order chi connectivity index (χ1) is 14.3. The van der Waals surface area contributed by atoms with Crippen LogP contribution in [0.5, 0.6) is 0 Å². The number of hydrogen-bond donors (Lipinski definition) is 0. The highest BCUT2D eigenvalue weighted by atomic mass is 35.5. The van der Waals surface area contributed by atoms with Gasteiger partial charge in [-0.25, -0.2) is 4.68 Å². The third-order valence-electron chi connectivity index (χ3n) is 4.52. The van der Waals surface area contributed by atoms with E-state index < -0.39 is 11.7 Å². The van der Waals surface area contributed by atoms with Crippen LogP contribution in [0.2, 0.25) is 5.02 Å². The van der Waals surface area contributed by atoms with E-state index in [2.05, 4.69) is 5.10 Å². The van der Waals surface area contributed by atoms with E-state index in [9.17, 15) is 18.0 Å². The molecule has 0 N–H and O–H groups in total. The Morgan fingerprint density at radius 2 is 1.63 bits per heavy atom. The lowest BCUT2D eigenvalue weighted by Gasteiger charge is -2.06. The van der Waals surface area contributed by atoms with Gasteiger partial charge >= 0.3 is 6.18 Å². The number of hydrogen-bond acceptors (Lipinski definition) is 2. The van der Waals surface area contributed by atoms with Gasteiger partial charge < -0.3 is 0 Å². The summed E-state index contributed by atoms with van der Waals surface area (Å²) in [4.78, 5) is 12.6. The van der Waals surface area contributed by atoms with Crippen molar-refractivity contribution < 1.29 is 13.2 Å². The first kappa shape index (κ1) is 19.9. The molecule has 0 aliphatic carbocycles. The molecule has 0 aliphatic rings. The summed E-state index contributed by atoms with van der Waals surface area (Å²) in [7, 11) is 0. The number of benzene rings is 2. The molecular weight excluding hydrogens is 413 g/mol. The second-order valence-corrected chi connectivity index (χ2v) is 7.01. The molecule has 0 radical (unpaired) electrons. The van der Waals surface area contributed by atoms with Gasteiger partial charge in [-0.2, -0.15) is 18.3 Å². The normalized spacial score (nSPS) is 12.0. The number of nitrogens with zero attached hydrogens (tertiary/aromatic N) is 2. The highest BCUT2D eigenvalue weighted by Gasteiger charge is 2.30. The SMILES string of the molecule is O=c1ccccc2c(/C=C/c3cccc(C(F)(F)F)c3)nn(-c3ccc(Cl)cc3)c12. The van der Waals surface area contributed by atoms with Gasteiger partial charge in [0.2, 0.25) is 5.43 Å². The molecule has 0 unspecified atom stereocenters. The zero-order valence-corrected chi connectivity index (χ0v) is 16.2. The summed E-state index contributed by atoms with van der Waals surface area (Å²) in [5.74, 6) is 0. The Hall–Kier alpha value is -3.38. The lowest BCUT2D eigenvalue weighted by molar-refractivity contribution is -0.137. The van der Waals surface area contributed by atoms with Crippen LogP contribution in [0.25, 0.3) is 28.7 Å². The van der Waals surface area contributed by atoms with Crippen LogP contribution in [0.1, 0.15) is 16.8 Å². The maximum atomic E-state index is 13.0. The maximum Gasteiger partial charge on any atom is 0.416 e. The lowest BCUT2D eigenvalue weighted by Crippen LogP contribution is -2.04. The van der Waals surface area contributed by atoms with Crippen LogP contribution >= 0.6 is 11.6 Å². The van der Waals surface area contributed by atoms with E-state index in [1.807, 2.05) is 0 Å². The van der Waals surface area contributed by atoms with Crippen molar-refractivity contribution in [2.24, 2.45) is 0 Å². The monoisotopic (exact) mass is 426 g/mol. The van der Waals surface area contributed by atoms with Crippen molar-refractivity contribution in [1.82, 2.24) is 9.78 Å². The van der Waals surface area contributed by atoms with Gasteiger partial charge in [-0.1, -0.05) is 48.0 Å². The van der Waals surface area contributed by atoms with Crippen molar-refractivity contribution >= 4 is 34.7 Å². The average molecular weight is 427 g/mol. The highest BCUT2D eigenvalue weighted by molar-refractivity contribution is 6.30. The van der Waals surface area contributed by atoms with Crippen molar-refractivity contribution in [2.75, 3.05) is 0 Å².